The minimum absolute atomic E-state index is 0.161. The number of carbonyl (C=O) groups excluding carboxylic acids is 1. The van der Waals surface area contributed by atoms with Crippen LogP contribution < -0.4 is 9.64 Å². The molecule has 4 rings (SSSR count). The van der Waals surface area contributed by atoms with Gasteiger partial charge in [0, 0.05) is 13.0 Å². The lowest BCUT2D eigenvalue weighted by molar-refractivity contribution is 0.117. The van der Waals surface area contributed by atoms with Crippen LogP contribution in [0.15, 0.2) is 24.3 Å². The zero-order valence-corrected chi connectivity index (χ0v) is 12.1. The molecule has 7 heteroatoms. The van der Waals surface area contributed by atoms with Crippen LogP contribution in [0, 0.1) is 0 Å². The first-order chi connectivity index (χ1) is 10.7. The van der Waals surface area contributed by atoms with E-state index in [0.717, 1.165) is 10.9 Å². The Morgan fingerprint density at radius 2 is 2.05 bits per heavy atom. The van der Waals surface area contributed by atoms with Crippen LogP contribution in [-0.2, 0) is 9.47 Å². The third-order valence-electron chi connectivity index (χ3n) is 4.03. The van der Waals surface area contributed by atoms with Crippen LogP contribution in [0.3, 0.4) is 0 Å². The highest BCUT2D eigenvalue weighted by Crippen LogP contribution is 2.29. The molecule has 2 aliphatic heterocycles. The van der Waals surface area contributed by atoms with E-state index in [4.69, 9.17) is 14.2 Å². The number of rotatable bonds is 2. The molecule has 0 aliphatic carbocycles. The van der Waals surface area contributed by atoms with Crippen molar-refractivity contribution in [3.63, 3.8) is 0 Å². The molecule has 2 atom stereocenters. The molecule has 0 spiro atoms. The van der Waals surface area contributed by atoms with Gasteiger partial charge >= 0.3 is 6.16 Å². The number of benzene rings is 1. The third kappa shape index (κ3) is 2.09. The summed E-state index contributed by atoms with van der Waals surface area (Å²) in [6.45, 7) is 1.23. The number of aromatic nitrogens is 2. The van der Waals surface area contributed by atoms with Gasteiger partial charge in [0.05, 0.1) is 24.6 Å². The molecule has 2 aliphatic rings. The van der Waals surface area contributed by atoms with Crippen molar-refractivity contribution in [2.75, 3.05) is 25.1 Å². The Morgan fingerprint density at radius 3 is 2.91 bits per heavy atom. The van der Waals surface area contributed by atoms with Crippen LogP contribution in [0.4, 0.5) is 10.7 Å². The van der Waals surface area contributed by atoms with Gasteiger partial charge in [0.15, 0.2) is 6.10 Å². The van der Waals surface area contributed by atoms with Crippen molar-refractivity contribution in [1.29, 1.82) is 0 Å². The van der Waals surface area contributed by atoms with Crippen LogP contribution in [0.2, 0.25) is 0 Å². The zero-order chi connectivity index (χ0) is 15.1. The number of methoxy groups -OCH3 is 1. The summed E-state index contributed by atoms with van der Waals surface area (Å²) in [6.07, 6.45) is -0.308. The summed E-state index contributed by atoms with van der Waals surface area (Å²) in [4.78, 5) is 22.3. The van der Waals surface area contributed by atoms with Gasteiger partial charge in [-0.2, -0.15) is 4.98 Å². The van der Waals surface area contributed by atoms with Gasteiger partial charge in [-0.15, -0.1) is 0 Å². The summed E-state index contributed by atoms with van der Waals surface area (Å²) in [5, 5.41) is 0.874. The topological polar surface area (TPSA) is 73.8 Å². The van der Waals surface area contributed by atoms with Gasteiger partial charge in [0.1, 0.15) is 6.10 Å². The maximum absolute atomic E-state index is 11.2. The number of piperidine rings is 1. The van der Waals surface area contributed by atoms with E-state index in [2.05, 4.69) is 9.97 Å². The van der Waals surface area contributed by atoms with Gasteiger partial charge in [0.25, 0.3) is 0 Å². The lowest BCUT2D eigenvalue weighted by Gasteiger charge is -2.32. The fraction of sp³-hybridized carbons (Fsp3) is 0.400. The number of carbonyl (C=O) groups is 1. The van der Waals surface area contributed by atoms with Crippen molar-refractivity contribution in [3.05, 3.63) is 24.3 Å². The van der Waals surface area contributed by atoms with Gasteiger partial charge in [0.2, 0.25) is 11.8 Å². The van der Waals surface area contributed by atoms with E-state index in [1.165, 1.54) is 0 Å². The van der Waals surface area contributed by atoms with E-state index in [-0.39, 0.29) is 12.2 Å². The Kier molecular flexibility index (Phi) is 2.99. The normalized spacial score (nSPS) is 23.9. The Bertz CT molecular complexity index is 736. The second kappa shape index (κ2) is 5.01. The molecular formula is C15H15N3O4. The van der Waals surface area contributed by atoms with Crippen LogP contribution in [0.5, 0.6) is 5.88 Å². The summed E-state index contributed by atoms with van der Waals surface area (Å²) in [5.74, 6) is 1.12. The Hall–Kier alpha value is -2.57. The fourth-order valence-electron chi connectivity index (χ4n) is 2.93. The van der Waals surface area contributed by atoms with E-state index < -0.39 is 6.16 Å². The number of para-hydroxylation sites is 1. The number of ether oxygens (including phenoxy) is 3. The molecular weight excluding hydrogens is 286 g/mol. The summed E-state index contributed by atoms with van der Waals surface area (Å²) >= 11 is 0. The Morgan fingerprint density at radius 1 is 1.23 bits per heavy atom. The largest absolute Gasteiger partial charge is 0.509 e. The number of hydrogen-bond acceptors (Lipinski definition) is 7. The second-order valence-corrected chi connectivity index (χ2v) is 5.35. The van der Waals surface area contributed by atoms with E-state index in [9.17, 15) is 4.79 Å². The van der Waals surface area contributed by atoms with Crippen molar-refractivity contribution >= 4 is 23.0 Å². The minimum Gasteiger partial charge on any atom is -0.480 e. The number of anilines is 1. The maximum Gasteiger partial charge on any atom is 0.509 e. The van der Waals surface area contributed by atoms with Gasteiger partial charge in [-0.05, 0) is 12.1 Å². The first-order valence-corrected chi connectivity index (χ1v) is 7.17. The predicted molar refractivity (Wildman–Crippen MR) is 78.1 cm³/mol. The van der Waals surface area contributed by atoms with E-state index in [1.807, 2.05) is 29.2 Å². The second-order valence-electron chi connectivity index (χ2n) is 5.35. The molecule has 2 unspecified atom stereocenters. The van der Waals surface area contributed by atoms with Crippen molar-refractivity contribution < 1.29 is 19.0 Å². The molecule has 2 fully saturated rings. The highest BCUT2D eigenvalue weighted by Gasteiger charge is 2.41. The van der Waals surface area contributed by atoms with Gasteiger partial charge in [-0.25, -0.2) is 9.78 Å². The fourth-order valence-corrected chi connectivity index (χ4v) is 2.93. The first kappa shape index (κ1) is 13.1. The summed E-state index contributed by atoms with van der Waals surface area (Å²) < 4.78 is 15.7. The number of hydrogen-bond donors (Lipinski definition) is 0. The van der Waals surface area contributed by atoms with E-state index in [1.54, 1.807) is 7.11 Å². The standard InChI is InChI=1S/C15H15N3O4/c1-20-13-9-4-2-3-5-10(9)16-14(17-13)18-7-6-11-12(8-18)22-15(19)21-11/h2-5,11-12H,6-8H2,1H3. The molecule has 7 nitrogen and oxygen atoms in total. The van der Waals surface area contributed by atoms with Crippen molar-refractivity contribution in [3.8, 4) is 5.88 Å². The maximum atomic E-state index is 11.2. The summed E-state index contributed by atoms with van der Waals surface area (Å²) in [5.41, 5.74) is 0.825. The van der Waals surface area contributed by atoms with Gasteiger partial charge < -0.3 is 19.1 Å². The first-order valence-electron chi connectivity index (χ1n) is 7.17. The molecule has 0 N–H and O–H groups in total. The lowest BCUT2D eigenvalue weighted by Crippen LogP contribution is -2.45. The summed E-state index contributed by atoms with van der Waals surface area (Å²) in [7, 11) is 1.59. The molecule has 0 saturated carbocycles. The smallest absolute Gasteiger partial charge is 0.480 e. The van der Waals surface area contributed by atoms with Crippen molar-refractivity contribution in [2.24, 2.45) is 0 Å². The van der Waals surface area contributed by atoms with E-state index >= 15 is 0 Å². The highest BCUT2D eigenvalue weighted by molar-refractivity contribution is 5.84. The van der Waals surface area contributed by atoms with Gasteiger partial charge in [-0.1, -0.05) is 12.1 Å². The summed E-state index contributed by atoms with van der Waals surface area (Å²) in [6, 6.07) is 7.71. The lowest BCUT2D eigenvalue weighted by atomic mass is 10.1. The van der Waals surface area contributed by atoms with Crippen LogP contribution in [0.25, 0.3) is 10.9 Å². The molecule has 2 aromatic rings. The van der Waals surface area contributed by atoms with Crippen molar-refractivity contribution in [2.45, 2.75) is 18.6 Å². The zero-order valence-electron chi connectivity index (χ0n) is 12.1. The molecule has 0 radical (unpaired) electrons. The monoisotopic (exact) mass is 301 g/mol. The molecule has 2 saturated heterocycles. The van der Waals surface area contributed by atoms with Crippen LogP contribution in [0.1, 0.15) is 6.42 Å². The Labute approximate surface area is 126 Å². The average Bonchev–Trinajstić information content (AvgIpc) is 2.92. The predicted octanol–water partition coefficient (Wildman–Crippen LogP) is 1.75. The molecule has 3 heterocycles. The molecule has 22 heavy (non-hydrogen) atoms. The molecule has 1 aromatic heterocycles. The third-order valence-corrected chi connectivity index (χ3v) is 4.03. The molecule has 1 aromatic carbocycles. The number of nitrogens with zero attached hydrogens (tertiary/aromatic N) is 3. The van der Waals surface area contributed by atoms with E-state index in [0.29, 0.717) is 31.3 Å². The molecule has 0 bridgehead atoms. The SMILES string of the molecule is COc1nc(N2CCC3OC(=O)OC3C2)nc2ccccc12. The van der Waals surface area contributed by atoms with Crippen LogP contribution >= 0.6 is 0 Å². The quantitative estimate of drug-likeness (QED) is 0.782. The number of fused-ring (bicyclic) bond motifs is 2. The molecule has 0 amide bonds. The van der Waals surface area contributed by atoms with Gasteiger partial charge in [-0.3, -0.25) is 0 Å². The minimum atomic E-state index is -0.589. The molecule has 114 valence electrons. The van der Waals surface area contributed by atoms with Crippen LogP contribution in [-0.4, -0.2) is 48.5 Å². The Balaban J connectivity index is 1.68. The van der Waals surface area contributed by atoms with Crippen molar-refractivity contribution in [1.82, 2.24) is 9.97 Å². The average molecular weight is 301 g/mol. The highest BCUT2D eigenvalue weighted by atomic mass is 16.8.